The highest BCUT2D eigenvalue weighted by atomic mass is 35.5. The summed E-state index contributed by atoms with van der Waals surface area (Å²) >= 11 is 5.67. The van der Waals surface area contributed by atoms with Gasteiger partial charge in [-0.1, -0.05) is 25.4 Å². The number of carbonyl (C=O) groups excluding carboxylic acids is 2. The van der Waals surface area contributed by atoms with Crippen LogP contribution in [-0.2, 0) is 9.59 Å². The third kappa shape index (κ3) is 5.02. The molecule has 4 unspecified atom stereocenters. The average Bonchev–Trinajstić information content (AvgIpc) is 3.10. The number of hydrogen-bond acceptors (Lipinski definition) is 5. The van der Waals surface area contributed by atoms with Gasteiger partial charge in [-0.15, -0.1) is 0 Å². The van der Waals surface area contributed by atoms with Gasteiger partial charge < -0.3 is 15.4 Å². The lowest BCUT2D eigenvalue weighted by atomic mass is 9.60. The summed E-state index contributed by atoms with van der Waals surface area (Å²) in [5.74, 6) is 0.852. The highest BCUT2D eigenvalue weighted by molar-refractivity contribution is 6.30. The Morgan fingerprint density at radius 3 is 2.50 bits per heavy atom. The summed E-state index contributed by atoms with van der Waals surface area (Å²) < 4.78 is 18.9. The Balaban J connectivity index is 1.27. The number of nitrogens with one attached hydrogen (secondary N) is 3. The van der Waals surface area contributed by atoms with E-state index >= 15 is 0 Å². The lowest BCUT2D eigenvalue weighted by Crippen LogP contribution is -2.61. The van der Waals surface area contributed by atoms with Crippen molar-refractivity contribution in [1.29, 1.82) is 0 Å². The number of fused-ring (bicyclic) bond motifs is 2. The largest absolute Gasteiger partial charge is 0.484 e. The average molecular weight is 467 g/mol. The zero-order chi connectivity index (χ0) is 23.0. The SMILES string of the molecule is CC(C)C1CC(C(=O)NC2CC(NC(=O)COc3ccc(Cl)c(F)c3)C3CC2C3)N(C)N1. The van der Waals surface area contributed by atoms with Gasteiger partial charge in [0.1, 0.15) is 17.6 Å². The Morgan fingerprint density at radius 1 is 1.19 bits per heavy atom. The number of nitrogens with zero attached hydrogens (tertiary/aromatic N) is 1. The first-order valence-corrected chi connectivity index (χ1v) is 11.8. The standard InChI is InChI=1S/C23H32ClFN4O3/c1-12(2)18-10-21(29(3)28-18)23(31)27-20-9-19(13-6-14(20)7-13)26-22(30)11-32-15-4-5-16(24)17(25)8-15/h4-5,8,12-14,18-21,28H,6-7,9-11H2,1-3H3,(H,26,30)(H,27,31). The number of carbonyl (C=O) groups is 2. The van der Waals surface area contributed by atoms with E-state index in [0.29, 0.717) is 23.8 Å². The molecule has 1 saturated heterocycles. The molecule has 5 rings (SSSR count). The van der Waals surface area contributed by atoms with Gasteiger partial charge in [0, 0.05) is 31.2 Å². The quantitative estimate of drug-likeness (QED) is 0.575. The molecular weight excluding hydrogens is 435 g/mol. The van der Waals surface area contributed by atoms with Gasteiger partial charge in [-0.2, -0.15) is 0 Å². The summed E-state index contributed by atoms with van der Waals surface area (Å²) in [6.07, 6.45) is 3.53. The van der Waals surface area contributed by atoms with Gasteiger partial charge in [-0.25, -0.2) is 9.40 Å². The fraction of sp³-hybridized carbons (Fsp3) is 0.652. The maximum Gasteiger partial charge on any atom is 0.258 e. The molecule has 176 valence electrons. The van der Waals surface area contributed by atoms with Crippen molar-refractivity contribution >= 4 is 23.4 Å². The molecule has 3 saturated carbocycles. The van der Waals surface area contributed by atoms with Crippen molar-refractivity contribution in [2.75, 3.05) is 13.7 Å². The zero-order valence-corrected chi connectivity index (χ0v) is 19.5. The van der Waals surface area contributed by atoms with Crippen molar-refractivity contribution in [3.05, 3.63) is 29.0 Å². The lowest BCUT2D eigenvalue weighted by Gasteiger charge is -2.51. The van der Waals surface area contributed by atoms with Crippen LogP contribution >= 0.6 is 11.6 Å². The zero-order valence-electron chi connectivity index (χ0n) is 18.7. The van der Waals surface area contributed by atoms with Gasteiger partial charge in [0.05, 0.1) is 5.02 Å². The van der Waals surface area contributed by atoms with E-state index in [9.17, 15) is 14.0 Å². The van der Waals surface area contributed by atoms with Crippen LogP contribution in [0.15, 0.2) is 18.2 Å². The van der Waals surface area contributed by atoms with Crippen molar-refractivity contribution in [2.24, 2.45) is 17.8 Å². The Labute approximate surface area is 193 Å². The van der Waals surface area contributed by atoms with Crippen molar-refractivity contribution in [3.8, 4) is 5.75 Å². The fourth-order valence-corrected chi connectivity index (χ4v) is 5.25. The third-order valence-electron chi connectivity index (χ3n) is 7.21. The van der Waals surface area contributed by atoms with Crippen LogP contribution in [0.2, 0.25) is 5.02 Å². The molecule has 9 heteroatoms. The van der Waals surface area contributed by atoms with E-state index in [4.69, 9.17) is 16.3 Å². The number of halogens is 2. The molecule has 3 aliphatic carbocycles. The van der Waals surface area contributed by atoms with Gasteiger partial charge >= 0.3 is 0 Å². The van der Waals surface area contributed by atoms with Crippen molar-refractivity contribution in [3.63, 3.8) is 0 Å². The van der Waals surface area contributed by atoms with Gasteiger partial charge in [0.15, 0.2) is 6.61 Å². The molecule has 2 bridgehead atoms. The smallest absolute Gasteiger partial charge is 0.258 e. The van der Waals surface area contributed by atoms with Crippen LogP contribution in [0.4, 0.5) is 4.39 Å². The predicted molar refractivity (Wildman–Crippen MR) is 120 cm³/mol. The number of amides is 2. The molecule has 3 N–H and O–H groups in total. The van der Waals surface area contributed by atoms with Crippen LogP contribution in [0, 0.1) is 23.6 Å². The molecule has 2 amide bonds. The Bertz CT molecular complexity index is 864. The number of hydrazine groups is 1. The third-order valence-corrected chi connectivity index (χ3v) is 7.52. The van der Waals surface area contributed by atoms with Gasteiger partial charge in [-0.05, 0) is 55.6 Å². The van der Waals surface area contributed by atoms with Crippen LogP contribution < -0.4 is 20.8 Å². The normalized spacial score (nSPS) is 31.8. The highest BCUT2D eigenvalue weighted by Crippen LogP contribution is 2.46. The fourth-order valence-electron chi connectivity index (χ4n) is 5.13. The van der Waals surface area contributed by atoms with Crippen LogP contribution in [0.25, 0.3) is 0 Å². The van der Waals surface area contributed by atoms with E-state index in [1.165, 1.54) is 12.1 Å². The Kier molecular flexibility index (Phi) is 6.93. The van der Waals surface area contributed by atoms with Crippen molar-refractivity contribution in [2.45, 2.75) is 63.7 Å². The second-order valence-electron chi connectivity index (χ2n) is 9.72. The minimum atomic E-state index is -0.584. The number of hydrogen-bond donors (Lipinski definition) is 3. The van der Waals surface area contributed by atoms with Crippen LogP contribution in [-0.4, -0.2) is 54.6 Å². The molecule has 4 aliphatic rings. The molecule has 0 spiro atoms. The first kappa shape index (κ1) is 23.3. The van der Waals surface area contributed by atoms with Gasteiger partial charge in [-0.3, -0.25) is 15.0 Å². The molecular formula is C23H32ClFN4O3. The van der Waals surface area contributed by atoms with Crippen molar-refractivity contribution < 1.29 is 18.7 Å². The number of ether oxygens (including phenoxy) is 1. The second-order valence-corrected chi connectivity index (χ2v) is 10.1. The van der Waals surface area contributed by atoms with E-state index in [2.05, 4.69) is 29.9 Å². The molecule has 4 atom stereocenters. The minimum Gasteiger partial charge on any atom is -0.484 e. The molecule has 32 heavy (non-hydrogen) atoms. The monoisotopic (exact) mass is 466 g/mol. The topological polar surface area (TPSA) is 82.7 Å². The molecule has 1 aliphatic heterocycles. The van der Waals surface area contributed by atoms with Crippen LogP contribution in [0.5, 0.6) is 5.75 Å². The van der Waals surface area contributed by atoms with E-state index in [0.717, 1.165) is 31.7 Å². The second kappa shape index (κ2) is 9.53. The van der Waals surface area contributed by atoms with E-state index in [-0.39, 0.29) is 47.3 Å². The maximum absolute atomic E-state index is 13.5. The number of benzene rings is 1. The molecule has 0 radical (unpaired) electrons. The first-order chi connectivity index (χ1) is 15.2. The predicted octanol–water partition coefficient (Wildman–Crippen LogP) is 2.49. The lowest BCUT2D eigenvalue weighted by molar-refractivity contribution is -0.129. The first-order valence-electron chi connectivity index (χ1n) is 11.4. The highest BCUT2D eigenvalue weighted by Gasteiger charge is 2.48. The Morgan fingerprint density at radius 2 is 1.88 bits per heavy atom. The number of rotatable bonds is 7. The summed E-state index contributed by atoms with van der Waals surface area (Å²) in [5.41, 5.74) is 3.38. The molecule has 1 heterocycles. The number of likely N-dealkylation sites (N-methyl/N-ethyl adjacent to an activating group) is 1. The van der Waals surface area contributed by atoms with E-state index in [1.54, 1.807) is 0 Å². The molecule has 0 aromatic heterocycles. The minimum absolute atomic E-state index is 0.00574. The summed E-state index contributed by atoms with van der Waals surface area (Å²) in [7, 11) is 1.92. The molecule has 1 aromatic rings. The van der Waals surface area contributed by atoms with Gasteiger partial charge in [0.2, 0.25) is 5.91 Å². The summed E-state index contributed by atoms with van der Waals surface area (Å²) in [4.78, 5) is 25.4. The van der Waals surface area contributed by atoms with Crippen LogP contribution in [0.3, 0.4) is 0 Å². The summed E-state index contributed by atoms with van der Waals surface area (Å²) in [6, 6.07) is 4.28. The summed E-state index contributed by atoms with van der Waals surface area (Å²) in [6.45, 7) is 4.11. The van der Waals surface area contributed by atoms with Crippen LogP contribution in [0.1, 0.15) is 39.5 Å². The molecule has 1 aromatic carbocycles. The van der Waals surface area contributed by atoms with E-state index in [1.807, 2.05) is 12.1 Å². The van der Waals surface area contributed by atoms with Crippen molar-refractivity contribution in [1.82, 2.24) is 21.1 Å². The summed E-state index contributed by atoms with van der Waals surface area (Å²) in [5, 5.41) is 8.23. The van der Waals surface area contributed by atoms with E-state index < -0.39 is 5.82 Å². The molecule has 4 fully saturated rings. The Hall–Kier alpha value is -1.90. The maximum atomic E-state index is 13.5. The van der Waals surface area contributed by atoms with Gasteiger partial charge in [0.25, 0.3) is 5.91 Å². The molecule has 7 nitrogen and oxygen atoms in total.